The summed E-state index contributed by atoms with van der Waals surface area (Å²) in [4.78, 5) is 27.4. The average molecular weight is 420 g/mol. The minimum Gasteiger partial charge on any atom is -0.298 e. The van der Waals surface area contributed by atoms with E-state index in [0.29, 0.717) is 10.2 Å². The number of benzene rings is 2. The number of anilines is 1. The van der Waals surface area contributed by atoms with Gasteiger partial charge in [0.25, 0.3) is 11.6 Å². The molecule has 0 spiro atoms. The van der Waals surface area contributed by atoms with Gasteiger partial charge in [-0.05, 0) is 31.2 Å². The molecule has 3 aromatic rings. The Balaban J connectivity index is 1.92. The number of nitro groups is 1. The fourth-order valence-electron chi connectivity index (χ4n) is 2.56. The lowest BCUT2D eigenvalue weighted by Crippen LogP contribution is -2.22. The highest BCUT2D eigenvalue weighted by molar-refractivity contribution is 7.89. The van der Waals surface area contributed by atoms with Crippen molar-refractivity contribution >= 4 is 48.3 Å². The van der Waals surface area contributed by atoms with Gasteiger partial charge in [0.2, 0.25) is 10.0 Å². The van der Waals surface area contributed by atoms with Gasteiger partial charge < -0.3 is 0 Å². The van der Waals surface area contributed by atoms with Crippen LogP contribution in [0, 0.1) is 17.0 Å². The highest BCUT2D eigenvalue weighted by Crippen LogP contribution is 2.30. The number of carbonyl (C=O) groups excluding carboxylic acids is 1. The Labute approximate surface area is 164 Å². The molecule has 9 nitrogen and oxygen atoms in total. The van der Waals surface area contributed by atoms with Crippen LogP contribution in [0.25, 0.3) is 10.2 Å². The summed E-state index contributed by atoms with van der Waals surface area (Å²) in [7, 11) is -0.695. The maximum Gasteiger partial charge on any atom is 0.273 e. The second kappa shape index (κ2) is 7.26. The number of nitrogens with one attached hydrogen (secondary N) is 1. The Morgan fingerprint density at radius 2 is 1.96 bits per heavy atom. The number of hydrogen-bond donors (Lipinski definition) is 1. The van der Waals surface area contributed by atoms with Crippen molar-refractivity contribution < 1.29 is 18.1 Å². The zero-order valence-electron chi connectivity index (χ0n) is 15.2. The summed E-state index contributed by atoms with van der Waals surface area (Å²) in [6.07, 6.45) is 0. The Bertz CT molecular complexity index is 1200. The van der Waals surface area contributed by atoms with Crippen LogP contribution < -0.4 is 5.32 Å². The van der Waals surface area contributed by atoms with Crippen LogP contribution in [0.15, 0.2) is 41.3 Å². The van der Waals surface area contributed by atoms with Crippen molar-refractivity contribution in [3.05, 3.63) is 57.6 Å². The van der Waals surface area contributed by atoms with Crippen molar-refractivity contribution in [1.29, 1.82) is 0 Å². The number of sulfonamides is 1. The van der Waals surface area contributed by atoms with E-state index in [-0.39, 0.29) is 26.8 Å². The number of carbonyl (C=O) groups is 1. The lowest BCUT2D eigenvalue weighted by atomic mass is 10.1. The molecule has 0 atom stereocenters. The quantitative estimate of drug-likeness (QED) is 0.500. The number of nitro benzene ring substituents is 1. The molecule has 0 radical (unpaired) electrons. The largest absolute Gasteiger partial charge is 0.298 e. The Morgan fingerprint density at radius 1 is 1.25 bits per heavy atom. The molecule has 0 saturated heterocycles. The van der Waals surface area contributed by atoms with Crippen LogP contribution in [0.5, 0.6) is 0 Å². The smallest absolute Gasteiger partial charge is 0.273 e. The predicted molar refractivity (Wildman–Crippen MR) is 106 cm³/mol. The lowest BCUT2D eigenvalue weighted by molar-refractivity contribution is -0.385. The van der Waals surface area contributed by atoms with Crippen molar-refractivity contribution in [2.24, 2.45) is 0 Å². The van der Waals surface area contributed by atoms with E-state index in [4.69, 9.17) is 0 Å². The van der Waals surface area contributed by atoms with Crippen molar-refractivity contribution in [2.45, 2.75) is 11.8 Å². The minimum atomic E-state index is -3.58. The van der Waals surface area contributed by atoms with Crippen molar-refractivity contribution in [1.82, 2.24) is 9.29 Å². The van der Waals surface area contributed by atoms with E-state index in [0.717, 1.165) is 15.6 Å². The van der Waals surface area contributed by atoms with Gasteiger partial charge in [0.1, 0.15) is 0 Å². The molecular formula is C17H16N4O5S2. The van der Waals surface area contributed by atoms with Gasteiger partial charge in [-0.15, -0.1) is 0 Å². The molecule has 1 aromatic heterocycles. The SMILES string of the molecule is Cc1c(C(=O)Nc2nc3ccc(S(=O)(=O)N(C)C)cc3s2)cccc1[N+](=O)[O-]. The van der Waals surface area contributed by atoms with Gasteiger partial charge in [-0.1, -0.05) is 17.4 Å². The third-order valence-electron chi connectivity index (χ3n) is 4.11. The maximum atomic E-state index is 12.5. The van der Waals surface area contributed by atoms with Gasteiger partial charge in [0, 0.05) is 31.3 Å². The van der Waals surface area contributed by atoms with Crippen LogP contribution in [0.4, 0.5) is 10.8 Å². The average Bonchev–Trinajstić information content (AvgIpc) is 3.02. The van der Waals surface area contributed by atoms with Crippen LogP contribution in [-0.4, -0.2) is 42.6 Å². The minimum absolute atomic E-state index is 0.126. The van der Waals surface area contributed by atoms with Gasteiger partial charge in [-0.2, -0.15) is 0 Å². The summed E-state index contributed by atoms with van der Waals surface area (Å²) < 4.78 is 26.2. The number of nitrogens with zero attached hydrogens (tertiary/aromatic N) is 3. The van der Waals surface area contributed by atoms with E-state index in [1.54, 1.807) is 6.07 Å². The molecule has 146 valence electrons. The second-order valence-corrected chi connectivity index (χ2v) is 9.28. The van der Waals surface area contributed by atoms with Crippen molar-refractivity contribution in [2.75, 3.05) is 19.4 Å². The van der Waals surface area contributed by atoms with E-state index in [1.165, 1.54) is 51.4 Å². The van der Waals surface area contributed by atoms with Gasteiger partial charge >= 0.3 is 0 Å². The monoisotopic (exact) mass is 420 g/mol. The first-order valence-electron chi connectivity index (χ1n) is 7.99. The summed E-state index contributed by atoms with van der Waals surface area (Å²) in [5, 5.41) is 13.9. The van der Waals surface area contributed by atoms with E-state index in [1.807, 2.05) is 0 Å². The normalized spacial score (nSPS) is 11.7. The standard InChI is InChI=1S/C17H16N4O5S2/c1-10-12(5-4-6-14(10)21(23)24)16(22)19-17-18-13-8-7-11(9-15(13)27-17)28(25,26)20(2)3/h4-9H,1-3H3,(H,18,19,22). The molecule has 2 aromatic carbocycles. The fraction of sp³-hybridized carbons (Fsp3) is 0.176. The number of amides is 1. The van der Waals surface area contributed by atoms with E-state index in [2.05, 4.69) is 10.3 Å². The molecular weight excluding hydrogens is 404 g/mol. The van der Waals surface area contributed by atoms with Crippen LogP contribution in [-0.2, 0) is 10.0 Å². The molecule has 0 saturated carbocycles. The molecule has 3 rings (SSSR count). The van der Waals surface area contributed by atoms with Crippen molar-refractivity contribution in [3.63, 3.8) is 0 Å². The molecule has 28 heavy (non-hydrogen) atoms. The molecule has 1 N–H and O–H groups in total. The van der Waals surface area contributed by atoms with Crippen LogP contribution in [0.2, 0.25) is 0 Å². The molecule has 0 aliphatic rings. The number of thiazole rings is 1. The highest BCUT2D eigenvalue weighted by Gasteiger charge is 2.20. The predicted octanol–water partition coefficient (Wildman–Crippen LogP) is 3.02. The Morgan fingerprint density at radius 3 is 2.61 bits per heavy atom. The molecule has 0 bridgehead atoms. The number of rotatable bonds is 5. The lowest BCUT2D eigenvalue weighted by Gasteiger charge is -2.10. The molecule has 1 amide bonds. The topological polar surface area (TPSA) is 123 Å². The molecule has 0 fully saturated rings. The molecule has 1 heterocycles. The van der Waals surface area contributed by atoms with Gasteiger partial charge in [-0.3, -0.25) is 20.2 Å². The number of aromatic nitrogens is 1. The van der Waals surface area contributed by atoms with Crippen LogP contribution in [0.1, 0.15) is 15.9 Å². The summed E-state index contributed by atoms with van der Waals surface area (Å²) in [6, 6.07) is 8.78. The van der Waals surface area contributed by atoms with Crippen molar-refractivity contribution in [3.8, 4) is 0 Å². The zero-order chi connectivity index (χ0) is 20.6. The maximum absolute atomic E-state index is 12.5. The molecule has 0 aliphatic heterocycles. The Kier molecular flexibility index (Phi) is 5.15. The second-order valence-electron chi connectivity index (χ2n) is 6.10. The number of fused-ring (bicyclic) bond motifs is 1. The third-order valence-corrected chi connectivity index (χ3v) is 6.85. The molecule has 0 aliphatic carbocycles. The molecule has 0 unspecified atom stereocenters. The summed E-state index contributed by atoms with van der Waals surface area (Å²) in [6.45, 7) is 1.50. The first-order chi connectivity index (χ1) is 13.1. The van der Waals surface area contributed by atoms with E-state index < -0.39 is 20.9 Å². The fourth-order valence-corrected chi connectivity index (χ4v) is 4.46. The summed E-state index contributed by atoms with van der Waals surface area (Å²) in [5.74, 6) is -0.526. The number of hydrogen-bond acceptors (Lipinski definition) is 7. The van der Waals surface area contributed by atoms with Crippen LogP contribution in [0.3, 0.4) is 0 Å². The van der Waals surface area contributed by atoms with Gasteiger partial charge in [0.15, 0.2) is 5.13 Å². The first-order valence-corrected chi connectivity index (χ1v) is 10.3. The van der Waals surface area contributed by atoms with E-state index >= 15 is 0 Å². The first kappa shape index (κ1) is 19.9. The molecule has 11 heteroatoms. The summed E-state index contributed by atoms with van der Waals surface area (Å²) >= 11 is 1.12. The third kappa shape index (κ3) is 3.59. The highest BCUT2D eigenvalue weighted by atomic mass is 32.2. The van der Waals surface area contributed by atoms with Gasteiger partial charge in [-0.25, -0.2) is 17.7 Å². The Hall–Kier alpha value is -2.89. The van der Waals surface area contributed by atoms with E-state index in [9.17, 15) is 23.3 Å². The van der Waals surface area contributed by atoms with Crippen LogP contribution >= 0.6 is 11.3 Å². The zero-order valence-corrected chi connectivity index (χ0v) is 16.8. The van der Waals surface area contributed by atoms with Gasteiger partial charge in [0.05, 0.1) is 20.0 Å². The summed E-state index contributed by atoms with van der Waals surface area (Å²) in [5.41, 5.74) is 0.819.